The Labute approximate surface area is 269 Å². The van der Waals surface area contributed by atoms with Crippen molar-refractivity contribution in [2.24, 2.45) is 17.6 Å². The van der Waals surface area contributed by atoms with Gasteiger partial charge in [-0.1, -0.05) is 0 Å². The van der Waals surface area contributed by atoms with E-state index < -0.39 is 69.7 Å². The summed E-state index contributed by atoms with van der Waals surface area (Å²) in [4.78, 5) is 59.6. The summed E-state index contributed by atoms with van der Waals surface area (Å²) >= 11 is 0. The number of likely N-dealkylation sites (N-methyl/N-ethyl adjacent to an activating group) is 1. The average molecular weight is 642 g/mol. The molecule has 13 nitrogen and oxygen atoms in total. The van der Waals surface area contributed by atoms with E-state index in [4.69, 9.17) is 5.73 Å². The second kappa shape index (κ2) is 11.4. The third kappa shape index (κ3) is 5.43. The lowest BCUT2D eigenvalue weighted by atomic mass is 9.56. The number of aliphatic hydroxyl groups excluding tert-OH is 2. The average Bonchev–Trinajstić information content (AvgIpc) is 2.89. The highest BCUT2D eigenvalue weighted by atomic mass is 16.3. The third-order valence-corrected chi connectivity index (χ3v) is 9.36. The fourth-order valence-corrected chi connectivity index (χ4v) is 7.59. The first kappa shape index (κ1) is 34.9. The van der Waals surface area contributed by atoms with E-state index in [9.17, 15) is 39.6 Å². The standard InChI is InChI=1S/C33H47N5O8/c1-31(2,3)38(32(4,5)6)14-20(39)35-18-13-19(36(7)8)16-11-15-12-17-24(37(9)10)27(42)23(30(34)45)29(44)33(17,46)28(43)21(15)26(41)22(16)25(18)40/h13,15,17,24,40-41,45-46H,11-12,14,34H2,1-10H3,(H,35,39)/b30-23-. The number of Topliss-reactive ketones (excluding diaryl/α,β-unsaturated/α-hetero) is 3. The van der Waals surface area contributed by atoms with Crippen molar-refractivity contribution in [2.75, 3.05) is 45.0 Å². The zero-order valence-corrected chi connectivity index (χ0v) is 28.3. The highest BCUT2D eigenvalue weighted by Crippen LogP contribution is 2.53. The van der Waals surface area contributed by atoms with Gasteiger partial charge in [-0.25, -0.2) is 0 Å². The lowest BCUT2D eigenvalue weighted by Crippen LogP contribution is -2.69. The minimum absolute atomic E-state index is 0.000583. The van der Waals surface area contributed by atoms with Crippen LogP contribution in [0.5, 0.6) is 5.75 Å². The molecule has 1 amide bonds. The summed E-state index contributed by atoms with van der Waals surface area (Å²) in [6, 6.07) is 0.429. The highest BCUT2D eigenvalue weighted by Gasteiger charge is 2.66. The molecule has 1 aromatic carbocycles. The monoisotopic (exact) mass is 641 g/mol. The molecule has 1 aromatic rings. The number of hydrogen-bond acceptors (Lipinski definition) is 12. The number of nitrogens with two attached hydrogens (primary N) is 1. The number of phenols is 1. The van der Waals surface area contributed by atoms with Gasteiger partial charge in [0.2, 0.25) is 17.5 Å². The lowest BCUT2D eigenvalue weighted by Gasteiger charge is -2.50. The largest absolute Gasteiger partial charge is 0.507 e. The smallest absolute Gasteiger partial charge is 0.238 e. The van der Waals surface area contributed by atoms with Crippen LogP contribution in [0.2, 0.25) is 0 Å². The Morgan fingerprint density at radius 2 is 1.59 bits per heavy atom. The van der Waals surface area contributed by atoms with Gasteiger partial charge in [0, 0.05) is 42.4 Å². The lowest BCUT2D eigenvalue weighted by molar-refractivity contribution is -0.165. The van der Waals surface area contributed by atoms with Crippen LogP contribution in [0.15, 0.2) is 23.1 Å². The van der Waals surface area contributed by atoms with E-state index >= 15 is 0 Å². The van der Waals surface area contributed by atoms with Crippen LogP contribution in [0.1, 0.15) is 59.1 Å². The van der Waals surface area contributed by atoms with Crippen LogP contribution in [-0.2, 0) is 25.6 Å². The first-order chi connectivity index (χ1) is 21.0. The van der Waals surface area contributed by atoms with Crippen molar-refractivity contribution in [2.45, 2.75) is 77.1 Å². The molecule has 0 saturated heterocycles. The van der Waals surface area contributed by atoms with E-state index in [-0.39, 0.29) is 47.3 Å². The van der Waals surface area contributed by atoms with Crippen molar-refractivity contribution >= 4 is 40.4 Å². The van der Waals surface area contributed by atoms with Gasteiger partial charge in [-0.2, -0.15) is 0 Å². The molecule has 0 bridgehead atoms. The third-order valence-electron chi connectivity index (χ3n) is 9.36. The molecule has 3 aliphatic rings. The Bertz CT molecular complexity index is 1560. The van der Waals surface area contributed by atoms with Gasteiger partial charge >= 0.3 is 0 Å². The van der Waals surface area contributed by atoms with Crippen LogP contribution >= 0.6 is 0 Å². The summed E-state index contributed by atoms with van der Waals surface area (Å²) < 4.78 is 0. The van der Waals surface area contributed by atoms with Gasteiger partial charge in [0.25, 0.3) is 0 Å². The van der Waals surface area contributed by atoms with Crippen molar-refractivity contribution in [3.05, 3.63) is 34.2 Å². The van der Waals surface area contributed by atoms with E-state index in [2.05, 4.69) is 5.32 Å². The number of hydrogen-bond donors (Lipinski definition) is 6. The van der Waals surface area contributed by atoms with Gasteiger partial charge < -0.3 is 36.4 Å². The molecule has 2 saturated carbocycles. The number of aliphatic hydroxyl groups is 3. The van der Waals surface area contributed by atoms with E-state index in [1.54, 1.807) is 39.2 Å². The number of nitrogens with one attached hydrogen (secondary N) is 1. The van der Waals surface area contributed by atoms with Crippen molar-refractivity contribution in [3.63, 3.8) is 0 Å². The minimum Gasteiger partial charge on any atom is -0.507 e. The first-order valence-electron chi connectivity index (χ1n) is 15.2. The summed E-state index contributed by atoms with van der Waals surface area (Å²) in [5.74, 6) is -7.85. The molecule has 46 heavy (non-hydrogen) atoms. The molecule has 0 radical (unpaired) electrons. The molecule has 0 heterocycles. The number of carbonyl (C=O) groups excluding carboxylic acids is 4. The fraction of sp³-hybridized carbons (Fsp3) is 0.576. The van der Waals surface area contributed by atoms with Gasteiger partial charge in [-0.05, 0) is 86.0 Å². The molecular formula is C33H47N5O8. The zero-order chi connectivity index (χ0) is 35.0. The molecular weight excluding hydrogens is 594 g/mol. The molecule has 2 fully saturated rings. The molecule has 252 valence electrons. The van der Waals surface area contributed by atoms with Crippen molar-refractivity contribution in [1.82, 2.24) is 9.80 Å². The van der Waals surface area contributed by atoms with Gasteiger partial charge in [0.15, 0.2) is 17.3 Å². The quantitative estimate of drug-likeness (QED) is 0.0899. The zero-order valence-electron chi connectivity index (χ0n) is 28.3. The molecule has 0 spiro atoms. The van der Waals surface area contributed by atoms with E-state index in [1.165, 1.54) is 4.90 Å². The first-order valence-corrected chi connectivity index (χ1v) is 15.2. The summed E-state index contributed by atoms with van der Waals surface area (Å²) in [5.41, 5.74) is 1.75. The van der Waals surface area contributed by atoms with Crippen LogP contribution in [-0.4, -0.2) is 111 Å². The number of ketones is 3. The number of amides is 1. The number of fused-ring (bicyclic) bond motifs is 3. The fourth-order valence-electron chi connectivity index (χ4n) is 7.59. The maximum Gasteiger partial charge on any atom is 0.238 e. The van der Waals surface area contributed by atoms with E-state index in [1.807, 2.05) is 46.4 Å². The second-order valence-corrected chi connectivity index (χ2v) is 15.0. The molecule has 3 aliphatic carbocycles. The number of benzene rings is 1. The maximum atomic E-state index is 14.2. The Morgan fingerprint density at radius 1 is 1.02 bits per heavy atom. The van der Waals surface area contributed by atoms with Crippen LogP contribution in [0.4, 0.5) is 11.4 Å². The van der Waals surface area contributed by atoms with Crippen LogP contribution in [0.3, 0.4) is 0 Å². The predicted octanol–water partition coefficient (Wildman–Crippen LogP) is 1.87. The number of anilines is 2. The molecule has 0 aliphatic heterocycles. The van der Waals surface area contributed by atoms with Crippen LogP contribution < -0.4 is 16.0 Å². The number of aromatic hydroxyl groups is 1. The van der Waals surface area contributed by atoms with Gasteiger partial charge in [0.1, 0.15) is 17.1 Å². The topological polar surface area (TPSA) is 197 Å². The maximum absolute atomic E-state index is 14.2. The molecule has 4 atom stereocenters. The van der Waals surface area contributed by atoms with Crippen molar-refractivity contribution in [1.29, 1.82) is 0 Å². The molecule has 7 N–H and O–H groups in total. The summed E-state index contributed by atoms with van der Waals surface area (Å²) in [7, 11) is 6.61. The van der Waals surface area contributed by atoms with E-state index in [0.29, 0.717) is 11.3 Å². The van der Waals surface area contributed by atoms with Crippen molar-refractivity contribution < 1.29 is 39.6 Å². The Morgan fingerprint density at radius 3 is 2.07 bits per heavy atom. The summed E-state index contributed by atoms with van der Waals surface area (Å²) in [5, 5.41) is 47.8. The normalized spacial score (nSPS) is 26.2. The summed E-state index contributed by atoms with van der Waals surface area (Å²) in [6.07, 6.45) is 0.0825. The second-order valence-electron chi connectivity index (χ2n) is 15.0. The molecule has 13 heteroatoms. The molecule has 0 aromatic heterocycles. The Balaban J connectivity index is 1.86. The Hall–Kier alpha value is -3.94. The number of phenolic OH excluding ortho intramolecular Hbond substituents is 1. The Kier molecular flexibility index (Phi) is 8.65. The minimum atomic E-state index is -2.81. The van der Waals surface area contributed by atoms with E-state index in [0.717, 1.165) is 0 Å². The SMILES string of the molecule is CN(C)c1cc(NC(=O)CN(C(C)(C)C)C(C)(C)C)c(O)c2c1CC1CC3C(N(C)C)C(=O)/C(=C(\N)O)C(=O)C3(O)C(=O)C1=C2O. The van der Waals surface area contributed by atoms with Crippen molar-refractivity contribution in [3.8, 4) is 5.75 Å². The summed E-state index contributed by atoms with van der Waals surface area (Å²) in [6.45, 7) is 12.0. The molecule has 4 rings (SSSR count). The number of nitrogens with zero attached hydrogens (tertiary/aromatic N) is 3. The predicted molar refractivity (Wildman–Crippen MR) is 173 cm³/mol. The number of rotatable bonds is 5. The highest BCUT2D eigenvalue weighted by molar-refractivity contribution is 6.35. The van der Waals surface area contributed by atoms with Gasteiger partial charge in [-0.3, -0.25) is 29.0 Å². The molecule has 4 unspecified atom stereocenters. The van der Waals surface area contributed by atoms with Crippen LogP contribution in [0.25, 0.3) is 5.76 Å². The van der Waals surface area contributed by atoms with Crippen LogP contribution in [0, 0.1) is 11.8 Å². The van der Waals surface area contributed by atoms with Gasteiger partial charge in [0.05, 0.1) is 23.8 Å². The number of carbonyl (C=O) groups is 4. The van der Waals surface area contributed by atoms with Gasteiger partial charge in [-0.15, -0.1) is 0 Å².